The summed E-state index contributed by atoms with van der Waals surface area (Å²) in [6.07, 6.45) is 1.04. The number of ether oxygens (including phenoxy) is 1. The van der Waals surface area contributed by atoms with E-state index in [4.69, 9.17) is 4.42 Å². The van der Waals surface area contributed by atoms with Gasteiger partial charge in [-0.1, -0.05) is 0 Å². The van der Waals surface area contributed by atoms with Crippen LogP contribution in [0, 0.1) is 0 Å². The Kier molecular flexibility index (Phi) is 6.92. The molecule has 104 valence electrons. The lowest BCUT2D eigenvalue weighted by molar-refractivity contribution is 0.0600. The highest BCUT2D eigenvalue weighted by Crippen LogP contribution is 2.14. The third-order valence-corrected chi connectivity index (χ3v) is 3.26. The second kappa shape index (κ2) is 7.37. The van der Waals surface area contributed by atoms with Crippen molar-refractivity contribution >= 4 is 28.4 Å². The van der Waals surface area contributed by atoms with Gasteiger partial charge in [-0.2, -0.15) is 0 Å². The van der Waals surface area contributed by atoms with Gasteiger partial charge < -0.3 is 14.5 Å². The van der Waals surface area contributed by atoms with Gasteiger partial charge in [-0.05, 0) is 7.05 Å². The summed E-state index contributed by atoms with van der Waals surface area (Å²) in [5.41, 5.74) is 0.0569. The van der Waals surface area contributed by atoms with Crippen LogP contribution in [0.2, 0.25) is 0 Å². The molecule has 18 heavy (non-hydrogen) atoms. The van der Waals surface area contributed by atoms with Gasteiger partial charge in [0, 0.05) is 19.2 Å². The van der Waals surface area contributed by atoms with E-state index in [2.05, 4.69) is 14.8 Å². The molecule has 0 aliphatic heterocycles. The number of hydrogen-bond donors (Lipinski definition) is 2. The molecule has 9 heteroatoms. The summed E-state index contributed by atoms with van der Waals surface area (Å²) in [4.78, 5) is 11.1. The monoisotopic (exact) mass is 298 g/mol. The van der Waals surface area contributed by atoms with E-state index >= 15 is 0 Å². The van der Waals surface area contributed by atoms with E-state index in [9.17, 15) is 13.2 Å². The Bertz CT molecular complexity index is 485. The molecule has 0 aromatic carbocycles. The lowest BCUT2D eigenvalue weighted by atomic mass is 10.3. The van der Waals surface area contributed by atoms with Crippen LogP contribution in [0.5, 0.6) is 0 Å². The molecule has 0 saturated heterocycles. The number of carbonyl (C=O) groups excluding carboxylic acids is 1. The summed E-state index contributed by atoms with van der Waals surface area (Å²) in [5, 5.41) is 2.48. The molecule has 2 N–H and O–H groups in total. The third kappa shape index (κ3) is 4.30. The number of halogens is 1. The molecule has 1 rings (SSSR count). The molecular formula is C9H15ClN2O5S. The van der Waals surface area contributed by atoms with Gasteiger partial charge in [-0.15, -0.1) is 12.4 Å². The number of hydrogen-bond acceptors (Lipinski definition) is 6. The number of carbonyl (C=O) groups is 1. The number of furan rings is 1. The molecular weight excluding hydrogens is 284 g/mol. The van der Waals surface area contributed by atoms with Gasteiger partial charge in [0.05, 0.1) is 12.7 Å². The molecule has 0 amide bonds. The first-order chi connectivity index (χ1) is 8.01. The van der Waals surface area contributed by atoms with Crippen LogP contribution in [0.25, 0.3) is 0 Å². The fourth-order valence-corrected chi connectivity index (χ4v) is 2.03. The molecule has 1 heterocycles. The lowest BCUT2D eigenvalue weighted by Crippen LogP contribution is -2.30. The maximum Gasteiger partial charge on any atom is 0.341 e. The Hall–Kier alpha value is -1.09. The SMILES string of the molecule is CNCCNS(=O)(=O)c1cc(C(=O)OC)co1.Cl. The Labute approximate surface area is 111 Å². The number of rotatable bonds is 6. The number of methoxy groups -OCH3 is 1. The van der Waals surface area contributed by atoms with Crippen molar-refractivity contribution in [3.05, 3.63) is 17.9 Å². The topological polar surface area (TPSA) is 97.6 Å². The average molecular weight is 299 g/mol. The van der Waals surface area contributed by atoms with E-state index in [0.29, 0.717) is 6.54 Å². The van der Waals surface area contributed by atoms with Crippen molar-refractivity contribution in [2.24, 2.45) is 0 Å². The Balaban J connectivity index is 0.00000289. The predicted molar refractivity (Wildman–Crippen MR) is 66.4 cm³/mol. The summed E-state index contributed by atoms with van der Waals surface area (Å²) in [7, 11) is -0.810. The first kappa shape index (κ1) is 16.9. The first-order valence-corrected chi connectivity index (χ1v) is 6.30. The van der Waals surface area contributed by atoms with Crippen molar-refractivity contribution in [3.8, 4) is 0 Å². The van der Waals surface area contributed by atoms with Gasteiger partial charge >= 0.3 is 5.97 Å². The fourth-order valence-electron chi connectivity index (χ4n) is 1.06. The van der Waals surface area contributed by atoms with Crippen LogP contribution in [0.4, 0.5) is 0 Å². The number of sulfonamides is 1. The quantitative estimate of drug-likeness (QED) is 0.566. The number of likely N-dealkylation sites (N-methyl/N-ethyl adjacent to an activating group) is 1. The smallest absolute Gasteiger partial charge is 0.341 e. The molecule has 0 saturated carbocycles. The van der Waals surface area contributed by atoms with E-state index in [1.165, 1.54) is 7.11 Å². The Morgan fingerprint density at radius 3 is 2.67 bits per heavy atom. The van der Waals surface area contributed by atoms with Crippen molar-refractivity contribution in [2.75, 3.05) is 27.2 Å². The van der Waals surface area contributed by atoms with Crippen LogP contribution in [0.3, 0.4) is 0 Å². The fraction of sp³-hybridized carbons (Fsp3) is 0.444. The second-order valence-corrected chi connectivity index (χ2v) is 4.85. The summed E-state index contributed by atoms with van der Waals surface area (Å²) in [5.74, 6) is -0.648. The van der Waals surface area contributed by atoms with Crippen molar-refractivity contribution in [1.29, 1.82) is 0 Å². The molecule has 1 aromatic rings. The summed E-state index contributed by atoms with van der Waals surface area (Å²) >= 11 is 0. The highest BCUT2D eigenvalue weighted by atomic mass is 35.5. The largest absolute Gasteiger partial charge is 0.465 e. The minimum Gasteiger partial charge on any atom is -0.465 e. The van der Waals surface area contributed by atoms with E-state index in [0.717, 1.165) is 12.3 Å². The Morgan fingerprint density at radius 2 is 2.11 bits per heavy atom. The summed E-state index contributed by atoms with van der Waals surface area (Å²) < 4.78 is 34.9. The minimum atomic E-state index is -3.72. The zero-order chi connectivity index (χ0) is 12.9. The highest BCUT2D eigenvalue weighted by molar-refractivity contribution is 7.89. The second-order valence-electron chi connectivity index (χ2n) is 3.15. The molecule has 7 nitrogen and oxygen atoms in total. The zero-order valence-electron chi connectivity index (χ0n) is 9.93. The maximum atomic E-state index is 11.6. The number of nitrogens with one attached hydrogen (secondary N) is 2. The third-order valence-electron chi connectivity index (χ3n) is 1.93. The summed E-state index contributed by atoms with van der Waals surface area (Å²) in [6.45, 7) is 0.719. The summed E-state index contributed by atoms with van der Waals surface area (Å²) in [6, 6.07) is 1.12. The molecule has 0 unspecified atom stereocenters. The van der Waals surface area contributed by atoms with Gasteiger partial charge in [-0.3, -0.25) is 0 Å². The van der Waals surface area contributed by atoms with Gasteiger partial charge in [0.1, 0.15) is 6.26 Å². The normalized spacial score (nSPS) is 10.8. The van der Waals surface area contributed by atoms with Gasteiger partial charge in [0.25, 0.3) is 10.0 Å². The first-order valence-electron chi connectivity index (χ1n) is 4.82. The maximum absolute atomic E-state index is 11.6. The predicted octanol–water partition coefficient (Wildman–Crippen LogP) is -0.0143. The Morgan fingerprint density at radius 1 is 1.44 bits per heavy atom. The van der Waals surface area contributed by atoms with Crippen LogP contribution in [-0.2, 0) is 14.8 Å². The minimum absolute atomic E-state index is 0. The van der Waals surface area contributed by atoms with Gasteiger partial charge in [0.2, 0.25) is 5.09 Å². The molecule has 0 aliphatic carbocycles. The zero-order valence-corrected chi connectivity index (χ0v) is 11.6. The molecule has 0 fully saturated rings. The van der Waals surface area contributed by atoms with Crippen molar-refractivity contribution in [3.63, 3.8) is 0 Å². The van der Waals surface area contributed by atoms with E-state index in [-0.39, 0.29) is 29.6 Å². The van der Waals surface area contributed by atoms with E-state index < -0.39 is 16.0 Å². The lowest BCUT2D eigenvalue weighted by Gasteiger charge is -2.02. The molecule has 0 aliphatic rings. The van der Waals surface area contributed by atoms with Crippen LogP contribution < -0.4 is 10.0 Å². The van der Waals surface area contributed by atoms with Crippen molar-refractivity contribution in [1.82, 2.24) is 10.0 Å². The molecule has 0 bridgehead atoms. The molecule has 0 atom stereocenters. The standard InChI is InChI=1S/C9H14N2O5S.ClH/c1-10-3-4-11-17(13,14)8-5-7(6-16-8)9(12)15-2;/h5-6,10-11H,3-4H2,1-2H3;1H. The van der Waals surface area contributed by atoms with Gasteiger partial charge in [0.15, 0.2) is 0 Å². The van der Waals surface area contributed by atoms with Crippen LogP contribution in [0.15, 0.2) is 21.8 Å². The molecule has 0 spiro atoms. The van der Waals surface area contributed by atoms with Crippen LogP contribution >= 0.6 is 12.4 Å². The van der Waals surface area contributed by atoms with Crippen LogP contribution in [-0.4, -0.2) is 41.6 Å². The van der Waals surface area contributed by atoms with Crippen molar-refractivity contribution in [2.45, 2.75) is 5.09 Å². The highest BCUT2D eigenvalue weighted by Gasteiger charge is 2.20. The van der Waals surface area contributed by atoms with E-state index in [1.54, 1.807) is 7.05 Å². The van der Waals surface area contributed by atoms with Gasteiger partial charge in [-0.25, -0.2) is 17.9 Å². The average Bonchev–Trinajstić information content (AvgIpc) is 2.78. The van der Waals surface area contributed by atoms with Crippen LogP contribution in [0.1, 0.15) is 10.4 Å². The van der Waals surface area contributed by atoms with Crippen molar-refractivity contribution < 1.29 is 22.4 Å². The van der Waals surface area contributed by atoms with E-state index in [1.807, 2.05) is 0 Å². The molecule has 1 aromatic heterocycles. The molecule has 0 radical (unpaired) electrons. The number of esters is 1.